The molecule has 164 valence electrons. The number of ether oxygens (including phenoxy) is 3. The maximum Gasteiger partial charge on any atom is 0.509 e. The number of rotatable bonds is 3. The van der Waals surface area contributed by atoms with E-state index < -0.39 is 18.2 Å². The van der Waals surface area contributed by atoms with Crippen molar-refractivity contribution in [1.82, 2.24) is 9.55 Å². The minimum Gasteiger partial charge on any atom is -0.508 e. The number of carbonyl (C=O) groups is 2. The zero-order chi connectivity index (χ0) is 22.6. The number of nitrogens with zero attached hydrogens (tertiary/aromatic N) is 2. The Balaban J connectivity index is 1.71. The Labute approximate surface area is 182 Å². The summed E-state index contributed by atoms with van der Waals surface area (Å²) in [5.41, 5.74) is 3.97. The second-order valence-corrected chi connectivity index (χ2v) is 7.62. The van der Waals surface area contributed by atoms with Crippen LogP contribution in [0.1, 0.15) is 42.2 Å². The lowest BCUT2D eigenvalue weighted by molar-refractivity contribution is -0.159. The van der Waals surface area contributed by atoms with Crippen LogP contribution in [0.25, 0.3) is 22.3 Å². The van der Waals surface area contributed by atoms with Gasteiger partial charge in [0.05, 0.1) is 35.6 Å². The summed E-state index contributed by atoms with van der Waals surface area (Å²) in [4.78, 5) is 42.3. The van der Waals surface area contributed by atoms with Crippen LogP contribution in [0, 0.1) is 0 Å². The number of benzene rings is 1. The van der Waals surface area contributed by atoms with Crippen LogP contribution in [0.4, 0.5) is 4.79 Å². The minimum atomic E-state index is -1.39. The molecule has 0 saturated carbocycles. The molecule has 1 atom stereocenters. The number of hydrogen-bond acceptors (Lipinski definition) is 8. The molecule has 2 aromatic heterocycles. The molecule has 0 saturated heterocycles. The lowest BCUT2D eigenvalue weighted by atomic mass is 9.97. The molecule has 0 fully saturated rings. The highest BCUT2D eigenvalue weighted by Crippen LogP contribution is 2.39. The molecular formula is C23H20N2O7. The molecule has 9 heteroatoms. The highest BCUT2D eigenvalue weighted by Gasteiger charge is 2.38. The lowest BCUT2D eigenvalue weighted by Crippen LogP contribution is -2.34. The zero-order valence-electron chi connectivity index (χ0n) is 17.5. The molecule has 0 spiro atoms. The summed E-state index contributed by atoms with van der Waals surface area (Å²) in [6.07, 6.45) is -1.72. The molecule has 32 heavy (non-hydrogen) atoms. The van der Waals surface area contributed by atoms with Crippen molar-refractivity contribution in [2.24, 2.45) is 0 Å². The summed E-state index contributed by atoms with van der Waals surface area (Å²) in [7, 11) is 0. The highest BCUT2D eigenvalue weighted by atomic mass is 16.7. The Morgan fingerprint density at radius 3 is 2.81 bits per heavy atom. The van der Waals surface area contributed by atoms with E-state index in [-0.39, 0.29) is 35.6 Å². The van der Waals surface area contributed by atoms with Crippen molar-refractivity contribution in [3.05, 3.63) is 56.9 Å². The SMILES string of the molecule is CCOC(=O)OC1C(=O)OCc2c1cc1n(c2=O)Cc2c-1nc1ccc(O)cc1c2CC. The van der Waals surface area contributed by atoms with Crippen LogP contribution in [0.2, 0.25) is 0 Å². The summed E-state index contributed by atoms with van der Waals surface area (Å²) in [5.74, 6) is -0.615. The fourth-order valence-corrected chi connectivity index (χ4v) is 4.45. The third-order valence-corrected chi connectivity index (χ3v) is 5.87. The molecular weight excluding hydrogens is 416 g/mol. The molecule has 0 amide bonds. The molecule has 1 N–H and O–H groups in total. The van der Waals surface area contributed by atoms with E-state index >= 15 is 0 Å². The molecule has 4 heterocycles. The number of aromatic hydroxyl groups is 1. The number of aryl methyl sites for hydroxylation is 1. The Hall–Kier alpha value is -3.88. The number of pyridine rings is 2. The van der Waals surface area contributed by atoms with Crippen LogP contribution in [-0.2, 0) is 38.6 Å². The van der Waals surface area contributed by atoms with E-state index in [4.69, 9.17) is 19.2 Å². The fraction of sp³-hybridized carbons (Fsp3) is 0.304. The normalized spacial score (nSPS) is 16.2. The van der Waals surface area contributed by atoms with Gasteiger partial charge in [0, 0.05) is 16.5 Å². The number of carbonyl (C=O) groups excluding carboxylic acids is 2. The number of hydrogen-bond donors (Lipinski definition) is 1. The summed E-state index contributed by atoms with van der Waals surface area (Å²) in [5, 5.41) is 10.8. The topological polar surface area (TPSA) is 117 Å². The van der Waals surface area contributed by atoms with Crippen LogP contribution in [0.15, 0.2) is 29.1 Å². The average molecular weight is 436 g/mol. The molecule has 9 nitrogen and oxygen atoms in total. The van der Waals surface area contributed by atoms with Gasteiger partial charge in [-0.3, -0.25) is 4.79 Å². The van der Waals surface area contributed by atoms with Gasteiger partial charge < -0.3 is 23.9 Å². The first kappa shape index (κ1) is 20.0. The second-order valence-electron chi connectivity index (χ2n) is 7.62. The number of fused-ring (bicyclic) bond motifs is 5. The van der Waals surface area contributed by atoms with Gasteiger partial charge >= 0.3 is 12.1 Å². The number of cyclic esters (lactones) is 1. The fourth-order valence-electron chi connectivity index (χ4n) is 4.45. The monoisotopic (exact) mass is 436 g/mol. The van der Waals surface area contributed by atoms with Crippen LogP contribution in [0.3, 0.4) is 0 Å². The van der Waals surface area contributed by atoms with E-state index in [1.54, 1.807) is 35.8 Å². The molecule has 0 radical (unpaired) electrons. The molecule has 1 unspecified atom stereocenters. The molecule has 1 aromatic carbocycles. The summed E-state index contributed by atoms with van der Waals surface area (Å²) < 4.78 is 16.7. The molecule has 0 aliphatic carbocycles. The summed E-state index contributed by atoms with van der Waals surface area (Å²) >= 11 is 0. The molecule has 2 aliphatic rings. The minimum absolute atomic E-state index is 0.0834. The van der Waals surface area contributed by atoms with Crippen molar-refractivity contribution >= 4 is 23.0 Å². The Kier molecular flexibility index (Phi) is 4.61. The van der Waals surface area contributed by atoms with Gasteiger partial charge in [-0.25, -0.2) is 14.6 Å². The molecule has 5 rings (SSSR count). The van der Waals surface area contributed by atoms with Crippen molar-refractivity contribution in [3.63, 3.8) is 0 Å². The van der Waals surface area contributed by atoms with E-state index in [0.717, 1.165) is 16.5 Å². The van der Waals surface area contributed by atoms with E-state index in [1.165, 1.54) is 0 Å². The Morgan fingerprint density at radius 2 is 2.06 bits per heavy atom. The van der Waals surface area contributed by atoms with Crippen molar-refractivity contribution in [1.29, 1.82) is 0 Å². The van der Waals surface area contributed by atoms with Crippen molar-refractivity contribution in [2.75, 3.05) is 6.61 Å². The molecule has 3 aromatic rings. The Morgan fingerprint density at radius 1 is 1.25 bits per heavy atom. The first-order chi connectivity index (χ1) is 15.4. The summed E-state index contributed by atoms with van der Waals surface area (Å²) in [6.45, 7) is 3.82. The van der Waals surface area contributed by atoms with Gasteiger partial charge in [-0.15, -0.1) is 0 Å². The average Bonchev–Trinajstić information content (AvgIpc) is 3.13. The Bertz CT molecular complexity index is 1360. The first-order valence-corrected chi connectivity index (χ1v) is 10.3. The van der Waals surface area contributed by atoms with Crippen LogP contribution < -0.4 is 5.56 Å². The van der Waals surface area contributed by atoms with E-state index in [2.05, 4.69) is 0 Å². The van der Waals surface area contributed by atoms with Crippen molar-refractivity contribution in [3.8, 4) is 17.1 Å². The van der Waals surface area contributed by atoms with Gasteiger partial charge in [-0.05, 0) is 43.2 Å². The largest absolute Gasteiger partial charge is 0.509 e. The van der Waals surface area contributed by atoms with Crippen LogP contribution in [-0.4, -0.2) is 33.4 Å². The highest BCUT2D eigenvalue weighted by molar-refractivity contribution is 5.89. The second kappa shape index (κ2) is 7.37. The van der Waals surface area contributed by atoms with E-state index in [0.29, 0.717) is 29.9 Å². The summed E-state index contributed by atoms with van der Waals surface area (Å²) in [6, 6.07) is 6.64. The third-order valence-electron chi connectivity index (χ3n) is 5.87. The van der Waals surface area contributed by atoms with Crippen molar-refractivity contribution < 1.29 is 28.9 Å². The van der Waals surface area contributed by atoms with Crippen molar-refractivity contribution in [2.45, 2.75) is 39.5 Å². The van der Waals surface area contributed by atoms with E-state index in [1.807, 2.05) is 6.92 Å². The number of esters is 1. The maximum atomic E-state index is 13.3. The molecule has 0 bridgehead atoms. The molecule has 2 aliphatic heterocycles. The van der Waals surface area contributed by atoms with Gasteiger partial charge in [0.15, 0.2) is 0 Å². The maximum absolute atomic E-state index is 13.3. The predicted molar refractivity (Wildman–Crippen MR) is 112 cm³/mol. The number of phenolic OH excluding ortho intramolecular Hbond substituents is 1. The quantitative estimate of drug-likeness (QED) is 0.487. The van der Waals surface area contributed by atoms with Gasteiger partial charge in [0.25, 0.3) is 5.56 Å². The van der Waals surface area contributed by atoms with Gasteiger partial charge in [-0.2, -0.15) is 0 Å². The lowest BCUT2D eigenvalue weighted by Gasteiger charge is -2.24. The predicted octanol–water partition coefficient (Wildman–Crippen LogP) is 2.96. The zero-order valence-corrected chi connectivity index (χ0v) is 17.5. The van der Waals surface area contributed by atoms with Gasteiger partial charge in [0.1, 0.15) is 12.4 Å². The third kappa shape index (κ3) is 2.92. The van der Waals surface area contributed by atoms with Crippen LogP contribution >= 0.6 is 0 Å². The smallest absolute Gasteiger partial charge is 0.508 e. The van der Waals surface area contributed by atoms with Gasteiger partial charge in [0.2, 0.25) is 6.10 Å². The number of phenols is 1. The number of aromatic nitrogens is 2. The van der Waals surface area contributed by atoms with Crippen LogP contribution in [0.5, 0.6) is 5.75 Å². The first-order valence-electron chi connectivity index (χ1n) is 10.3. The van der Waals surface area contributed by atoms with Gasteiger partial charge in [-0.1, -0.05) is 6.92 Å². The van der Waals surface area contributed by atoms with E-state index in [9.17, 15) is 19.5 Å². The standard InChI is InChI=1S/C23H20N2O7/c1-3-12-13-7-11(26)5-6-17(13)24-19-15(12)9-25-18(19)8-14-16(21(25)27)10-31-22(28)20(14)32-23(29)30-4-2/h5-8,20,26H,3-4,9-10H2,1-2H3.